The Morgan fingerprint density at radius 2 is 1.52 bits per heavy atom. The summed E-state index contributed by atoms with van der Waals surface area (Å²) in [6.07, 6.45) is 0. The molecule has 0 radical (unpaired) electrons. The van der Waals surface area contributed by atoms with Gasteiger partial charge in [-0.05, 0) is 20.9 Å². The highest BCUT2D eigenvalue weighted by molar-refractivity contribution is 7.80. The van der Waals surface area contributed by atoms with Crippen LogP contribution in [0.1, 0.15) is 20.8 Å². The van der Waals surface area contributed by atoms with Crippen LogP contribution in [0.15, 0.2) is 65.8 Å². The maximum atomic E-state index is 8.77. The molecule has 0 amide bonds. The number of azide groups is 1. The summed E-state index contributed by atoms with van der Waals surface area (Å²) in [4.78, 5) is 2.93. The lowest BCUT2D eigenvalue weighted by molar-refractivity contribution is 0.280. The van der Waals surface area contributed by atoms with Crippen molar-refractivity contribution in [3.8, 4) is 0 Å². The molecular weight excluding hydrogens is 346 g/mol. The molecule has 0 aliphatic rings. The van der Waals surface area contributed by atoms with Crippen LogP contribution in [-0.2, 0) is 4.43 Å². The van der Waals surface area contributed by atoms with Gasteiger partial charge in [-0.1, -0.05) is 86.5 Å². The van der Waals surface area contributed by atoms with Crippen molar-refractivity contribution in [1.29, 1.82) is 0 Å². The van der Waals surface area contributed by atoms with Crippen molar-refractivity contribution in [2.45, 2.75) is 31.9 Å². The van der Waals surface area contributed by atoms with E-state index in [0.29, 0.717) is 12.4 Å². The average molecular weight is 372 g/mol. The minimum absolute atomic E-state index is 0.0901. The second kappa shape index (κ2) is 8.58. The highest BCUT2D eigenvalue weighted by atomic mass is 32.1. The molecule has 0 aliphatic carbocycles. The molecule has 4 nitrogen and oxygen atoms in total. The first-order chi connectivity index (χ1) is 12.0. The molecule has 25 heavy (non-hydrogen) atoms. The summed E-state index contributed by atoms with van der Waals surface area (Å²) < 4.78 is 6.70. The molecule has 2 rings (SSSR count). The Kier molecular flexibility index (Phi) is 6.73. The molecule has 0 spiro atoms. The van der Waals surface area contributed by atoms with E-state index in [1.165, 1.54) is 10.4 Å². The number of benzene rings is 2. The van der Waals surface area contributed by atoms with Crippen molar-refractivity contribution in [3.63, 3.8) is 0 Å². The van der Waals surface area contributed by atoms with Crippen LogP contribution in [0.25, 0.3) is 10.4 Å². The van der Waals surface area contributed by atoms with Gasteiger partial charge in [-0.15, -0.1) is 0 Å². The molecule has 2 aromatic rings. The minimum Gasteiger partial charge on any atom is -0.407 e. The predicted octanol–water partition coefficient (Wildman–Crippen LogP) is 4.17. The van der Waals surface area contributed by atoms with Crippen LogP contribution in [0.4, 0.5) is 0 Å². The fraction of sp³-hybridized carbons (Fsp3) is 0.368. The summed E-state index contributed by atoms with van der Waals surface area (Å²) in [5.74, 6) is 0.461. The van der Waals surface area contributed by atoms with Gasteiger partial charge < -0.3 is 4.43 Å². The molecule has 0 heterocycles. The number of nitrogens with zero attached hydrogens (tertiary/aromatic N) is 3. The fourth-order valence-corrected chi connectivity index (χ4v) is 7.95. The van der Waals surface area contributed by atoms with E-state index in [4.69, 9.17) is 9.96 Å². The first-order valence-electron chi connectivity index (χ1n) is 8.36. The van der Waals surface area contributed by atoms with Gasteiger partial charge >= 0.3 is 0 Å². The van der Waals surface area contributed by atoms with Crippen molar-refractivity contribution < 1.29 is 4.43 Å². The maximum absolute atomic E-state index is 8.77. The summed E-state index contributed by atoms with van der Waals surface area (Å²) in [6, 6.07) is 20.6. The molecule has 6 heteroatoms. The third-order valence-electron chi connectivity index (χ3n) is 4.33. The largest absolute Gasteiger partial charge is 0.407 e. The van der Waals surface area contributed by atoms with Gasteiger partial charge in [0.2, 0.25) is 0 Å². The standard InChI is InChI=1S/C19H25N3OSSi/c1-19(2,3)25(17-10-6-4-7-11-17,18-12-8-5-9-13-18)23-14-16(15-24)21-22-20/h4-13,16,24H,14-15H2,1-3H3/t16-/m0/s1. The van der Waals surface area contributed by atoms with Crippen LogP contribution in [0.2, 0.25) is 5.04 Å². The zero-order valence-corrected chi connectivity index (χ0v) is 16.9. The second-order valence-electron chi connectivity index (χ2n) is 7.02. The number of hydrogen-bond acceptors (Lipinski definition) is 3. The highest BCUT2D eigenvalue weighted by Crippen LogP contribution is 2.36. The zero-order valence-electron chi connectivity index (χ0n) is 15.0. The Morgan fingerprint density at radius 3 is 1.88 bits per heavy atom. The van der Waals surface area contributed by atoms with Crippen LogP contribution in [0, 0.1) is 0 Å². The van der Waals surface area contributed by atoms with Gasteiger partial charge in [0, 0.05) is 17.3 Å². The summed E-state index contributed by atoms with van der Waals surface area (Å²) in [5.41, 5.74) is 8.77. The van der Waals surface area contributed by atoms with Gasteiger partial charge in [-0.3, -0.25) is 0 Å². The van der Waals surface area contributed by atoms with Crippen molar-refractivity contribution in [3.05, 3.63) is 71.1 Å². The van der Waals surface area contributed by atoms with E-state index in [0.717, 1.165) is 0 Å². The Labute approximate surface area is 156 Å². The average Bonchev–Trinajstić information content (AvgIpc) is 2.62. The lowest BCUT2D eigenvalue weighted by Gasteiger charge is -2.43. The van der Waals surface area contributed by atoms with E-state index < -0.39 is 8.32 Å². The Balaban J connectivity index is 2.58. The molecular formula is C19H25N3OSSi. The van der Waals surface area contributed by atoms with Crippen LogP contribution in [0.3, 0.4) is 0 Å². The Hall–Kier alpha value is -1.72. The van der Waals surface area contributed by atoms with Gasteiger partial charge in [0.15, 0.2) is 0 Å². The highest BCUT2D eigenvalue weighted by Gasteiger charge is 2.50. The number of hydrogen-bond donors (Lipinski definition) is 1. The molecule has 0 N–H and O–H groups in total. The van der Waals surface area contributed by atoms with Crippen molar-refractivity contribution in [2.24, 2.45) is 5.11 Å². The molecule has 0 fully saturated rings. The van der Waals surface area contributed by atoms with Gasteiger partial charge in [0.1, 0.15) is 0 Å². The maximum Gasteiger partial charge on any atom is 0.261 e. The molecule has 0 unspecified atom stereocenters. The Bertz CT molecular complexity index is 673. The summed E-state index contributed by atoms with van der Waals surface area (Å²) in [6.45, 7) is 7.04. The second-order valence-corrected chi connectivity index (χ2v) is 11.7. The lowest BCUT2D eigenvalue weighted by atomic mass is 10.2. The molecule has 0 bridgehead atoms. The number of thiol groups is 1. The SMILES string of the molecule is CC(C)(C)[Si](OC[C@@H](CS)N=[N+]=[N-])(c1ccccc1)c1ccccc1. The van der Waals surface area contributed by atoms with E-state index in [9.17, 15) is 0 Å². The van der Waals surface area contributed by atoms with Crippen molar-refractivity contribution >= 4 is 31.3 Å². The summed E-state index contributed by atoms with van der Waals surface area (Å²) in [7, 11) is -2.57. The van der Waals surface area contributed by atoms with Crippen LogP contribution in [0.5, 0.6) is 0 Å². The molecule has 0 aliphatic heterocycles. The third-order valence-corrected chi connectivity index (χ3v) is 9.76. The summed E-state index contributed by atoms with van der Waals surface area (Å²) in [5, 5.41) is 6.16. The molecule has 1 atom stereocenters. The normalized spacial score (nSPS) is 13.1. The van der Waals surface area contributed by atoms with E-state index in [1.807, 2.05) is 12.1 Å². The topological polar surface area (TPSA) is 58.0 Å². The first-order valence-corrected chi connectivity index (χ1v) is 10.9. The molecule has 0 aromatic heterocycles. The molecule has 2 aromatic carbocycles. The van der Waals surface area contributed by atoms with E-state index in [1.54, 1.807) is 0 Å². The van der Waals surface area contributed by atoms with Crippen LogP contribution in [-0.4, -0.2) is 26.7 Å². The molecule has 132 valence electrons. The third kappa shape index (κ3) is 4.28. The minimum atomic E-state index is -2.57. The predicted molar refractivity (Wildman–Crippen MR) is 110 cm³/mol. The van der Waals surface area contributed by atoms with Gasteiger partial charge in [0.25, 0.3) is 8.32 Å². The Morgan fingerprint density at radius 1 is 1.04 bits per heavy atom. The van der Waals surface area contributed by atoms with Gasteiger partial charge in [-0.25, -0.2) is 0 Å². The van der Waals surface area contributed by atoms with Crippen molar-refractivity contribution in [2.75, 3.05) is 12.4 Å². The molecule has 0 saturated carbocycles. The van der Waals surface area contributed by atoms with E-state index in [2.05, 4.69) is 92.0 Å². The van der Waals surface area contributed by atoms with E-state index >= 15 is 0 Å². The fourth-order valence-electron chi connectivity index (χ4n) is 3.18. The lowest BCUT2D eigenvalue weighted by Crippen LogP contribution is -2.67. The van der Waals surface area contributed by atoms with Gasteiger partial charge in [0.05, 0.1) is 6.04 Å². The van der Waals surface area contributed by atoms with Crippen LogP contribution >= 0.6 is 12.6 Å². The van der Waals surface area contributed by atoms with Gasteiger partial charge in [-0.2, -0.15) is 12.6 Å². The van der Waals surface area contributed by atoms with Crippen LogP contribution < -0.4 is 10.4 Å². The quantitative estimate of drug-likeness (QED) is 0.256. The van der Waals surface area contributed by atoms with Crippen molar-refractivity contribution in [1.82, 2.24) is 0 Å². The zero-order chi connectivity index (χ0) is 18.3. The first kappa shape index (κ1) is 19.6. The number of rotatable bonds is 7. The summed E-state index contributed by atoms with van der Waals surface area (Å²) >= 11 is 4.30. The molecule has 0 saturated heterocycles. The smallest absolute Gasteiger partial charge is 0.261 e. The van der Waals surface area contributed by atoms with E-state index in [-0.39, 0.29) is 11.1 Å². The monoisotopic (exact) mass is 371 g/mol.